The number of hydrogen-bond acceptors (Lipinski definition) is 5. The van der Waals surface area contributed by atoms with Crippen molar-refractivity contribution < 1.29 is 14.4 Å². The summed E-state index contributed by atoms with van der Waals surface area (Å²) in [5.74, 6) is -1.07. The number of nitrogens with one attached hydrogen (secondary N) is 3. The molecule has 0 fully saturated rings. The first-order chi connectivity index (χ1) is 15.6. The van der Waals surface area contributed by atoms with E-state index in [9.17, 15) is 14.4 Å². The first-order valence-electron chi connectivity index (χ1n) is 9.67. The summed E-state index contributed by atoms with van der Waals surface area (Å²) in [6.45, 7) is 0. The standard InChI is InChI=1S/C24H18N4O3S/c29-21(16-7-3-1-4-8-16)26-19-13-18(23(31)28-24-25-11-12-32-24)14-20(15-19)27-22(30)17-9-5-2-6-10-17/h1-15H,(H,26,29)(H,27,30)(H,25,28,31). The minimum Gasteiger partial charge on any atom is -0.322 e. The van der Waals surface area contributed by atoms with Gasteiger partial charge in [0.1, 0.15) is 0 Å². The van der Waals surface area contributed by atoms with Crippen LogP contribution in [0.5, 0.6) is 0 Å². The Hall–Kier alpha value is -4.30. The van der Waals surface area contributed by atoms with Gasteiger partial charge in [-0.15, -0.1) is 11.3 Å². The highest BCUT2D eigenvalue weighted by Gasteiger charge is 2.14. The van der Waals surface area contributed by atoms with Crippen LogP contribution in [0.3, 0.4) is 0 Å². The van der Waals surface area contributed by atoms with Crippen molar-refractivity contribution in [2.45, 2.75) is 0 Å². The molecular weight excluding hydrogens is 424 g/mol. The Bertz CT molecular complexity index is 1170. The number of carbonyl (C=O) groups excluding carboxylic acids is 3. The van der Waals surface area contributed by atoms with Gasteiger partial charge in [0.15, 0.2) is 5.13 Å². The van der Waals surface area contributed by atoms with Gasteiger partial charge in [-0.1, -0.05) is 36.4 Å². The van der Waals surface area contributed by atoms with Crippen molar-refractivity contribution in [3.05, 3.63) is 107 Å². The Morgan fingerprint density at radius 3 is 1.59 bits per heavy atom. The molecule has 0 saturated carbocycles. The molecule has 3 aromatic carbocycles. The second-order valence-electron chi connectivity index (χ2n) is 6.73. The Morgan fingerprint density at radius 2 is 1.12 bits per heavy atom. The van der Waals surface area contributed by atoms with Crippen molar-refractivity contribution in [3.8, 4) is 0 Å². The van der Waals surface area contributed by atoms with Gasteiger partial charge in [0.05, 0.1) is 0 Å². The number of hydrogen-bond donors (Lipinski definition) is 3. The summed E-state index contributed by atoms with van der Waals surface area (Å²) < 4.78 is 0. The SMILES string of the molecule is O=C(Nc1cc(NC(=O)c2ccccc2)cc(C(=O)Nc2nccs2)c1)c1ccccc1. The molecule has 3 N–H and O–H groups in total. The number of amides is 3. The maximum atomic E-state index is 12.8. The zero-order valence-electron chi connectivity index (χ0n) is 16.7. The Kier molecular flexibility index (Phi) is 6.33. The van der Waals surface area contributed by atoms with E-state index < -0.39 is 5.91 Å². The molecule has 4 rings (SSSR count). The molecule has 158 valence electrons. The second kappa shape index (κ2) is 9.67. The summed E-state index contributed by atoms with van der Waals surface area (Å²) in [5, 5.41) is 10.5. The molecule has 0 unspecified atom stereocenters. The van der Waals surface area contributed by atoms with Crippen LogP contribution in [-0.4, -0.2) is 22.7 Å². The van der Waals surface area contributed by atoms with E-state index in [0.29, 0.717) is 27.6 Å². The number of aromatic nitrogens is 1. The average Bonchev–Trinajstić information content (AvgIpc) is 3.33. The van der Waals surface area contributed by atoms with Crippen LogP contribution in [0, 0.1) is 0 Å². The van der Waals surface area contributed by atoms with Gasteiger partial charge in [0, 0.05) is 39.6 Å². The maximum Gasteiger partial charge on any atom is 0.257 e. The van der Waals surface area contributed by atoms with Gasteiger partial charge in [-0.3, -0.25) is 19.7 Å². The molecule has 1 aromatic heterocycles. The molecule has 0 aliphatic rings. The van der Waals surface area contributed by atoms with E-state index in [4.69, 9.17) is 0 Å². The van der Waals surface area contributed by atoms with E-state index in [1.165, 1.54) is 11.3 Å². The lowest BCUT2D eigenvalue weighted by Gasteiger charge is -2.12. The molecule has 32 heavy (non-hydrogen) atoms. The molecular formula is C24H18N4O3S. The molecule has 0 saturated heterocycles. The minimum atomic E-state index is -0.411. The van der Waals surface area contributed by atoms with Gasteiger partial charge in [0.2, 0.25) is 0 Å². The monoisotopic (exact) mass is 442 g/mol. The smallest absolute Gasteiger partial charge is 0.257 e. The highest BCUT2D eigenvalue weighted by atomic mass is 32.1. The molecule has 4 aromatic rings. The predicted molar refractivity (Wildman–Crippen MR) is 125 cm³/mol. The van der Waals surface area contributed by atoms with E-state index in [0.717, 1.165) is 0 Å². The summed E-state index contributed by atoms with van der Waals surface area (Å²) >= 11 is 1.29. The highest BCUT2D eigenvalue weighted by Crippen LogP contribution is 2.22. The van der Waals surface area contributed by atoms with Crippen molar-refractivity contribution >= 4 is 45.6 Å². The molecule has 0 atom stereocenters. The number of benzene rings is 3. The fourth-order valence-corrected chi connectivity index (χ4v) is 3.47. The largest absolute Gasteiger partial charge is 0.322 e. The quantitative estimate of drug-likeness (QED) is 0.395. The molecule has 8 heteroatoms. The fraction of sp³-hybridized carbons (Fsp3) is 0. The van der Waals surface area contributed by atoms with Crippen molar-refractivity contribution in [1.29, 1.82) is 0 Å². The zero-order chi connectivity index (χ0) is 22.3. The highest BCUT2D eigenvalue weighted by molar-refractivity contribution is 7.13. The Labute approximate surface area is 188 Å². The first kappa shape index (κ1) is 21.0. The van der Waals surface area contributed by atoms with Crippen LogP contribution in [0.15, 0.2) is 90.4 Å². The van der Waals surface area contributed by atoms with Gasteiger partial charge in [-0.05, 0) is 42.5 Å². The number of carbonyl (C=O) groups is 3. The van der Waals surface area contributed by atoms with E-state index >= 15 is 0 Å². The van der Waals surface area contributed by atoms with Crippen LogP contribution in [-0.2, 0) is 0 Å². The summed E-state index contributed by atoms with van der Waals surface area (Å²) in [6, 6.07) is 22.1. The summed E-state index contributed by atoms with van der Waals surface area (Å²) in [7, 11) is 0. The lowest BCUT2D eigenvalue weighted by atomic mass is 10.1. The van der Waals surface area contributed by atoms with Crippen molar-refractivity contribution in [1.82, 2.24) is 4.98 Å². The van der Waals surface area contributed by atoms with Crippen LogP contribution in [0.25, 0.3) is 0 Å². The Balaban J connectivity index is 1.62. The van der Waals surface area contributed by atoms with E-state index in [1.807, 2.05) is 12.1 Å². The van der Waals surface area contributed by atoms with E-state index in [-0.39, 0.29) is 17.4 Å². The third-order valence-electron chi connectivity index (χ3n) is 4.44. The summed E-state index contributed by atoms with van der Waals surface area (Å²) in [4.78, 5) is 42.0. The van der Waals surface area contributed by atoms with E-state index in [1.54, 1.807) is 78.3 Å². The first-order valence-corrected chi connectivity index (χ1v) is 10.6. The maximum absolute atomic E-state index is 12.8. The summed E-state index contributed by atoms with van der Waals surface area (Å²) in [6.07, 6.45) is 1.59. The van der Waals surface area contributed by atoms with Crippen LogP contribution in [0.4, 0.5) is 16.5 Å². The number of nitrogens with zero attached hydrogens (tertiary/aromatic N) is 1. The normalized spacial score (nSPS) is 10.2. The van der Waals surface area contributed by atoms with Crippen LogP contribution in [0.2, 0.25) is 0 Å². The summed E-state index contributed by atoms with van der Waals surface area (Å²) in [5.41, 5.74) is 1.94. The molecule has 0 radical (unpaired) electrons. The van der Waals surface area contributed by atoms with E-state index in [2.05, 4.69) is 20.9 Å². The third-order valence-corrected chi connectivity index (χ3v) is 5.12. The number of thiazole rings is 1. The molecule has 0 aliphatic carbocycles. The molecule has 7 nitrogen and oxygen atoms in total. The number of rotatable bonds is 6. The van der Waals surface area contributed by atoms with Crippen molar-refractivity contribution in [3.63, 3.8) is 0 Å². The van der Waals surface area contributed by atoms with Crippen molar-refractivity contribution in [2.24, 2.45) is 0 Å². The third kappa shape index (κ3) is 5.24. The molecule has 0 bridgehead atoms. The average molecular weight is 443 g/mol. The van der Waals surface area contributed by atoms with Gasteiger partial charge in [-0.25, -0.2) is 4.98 Å². The van der Waals surface area contributed by atoms with Crippen molar-refractivity contribution in [2.75, 3.05) is 16.0 Å². The topological polar surface area (TPSA) is 100 Å². The molecule has 0 spiro atoms. The zero-order valence-corrected chi connectivity index (χ0v) is 17.6. The molecule has 0 aliphatic heterocycles. The van der Waals surface area contributed by atoms with Crippen LogP contribution >= 0.6 is 11.3 Å². The van der Waals surface area contributed by atoms with Crippen LogP contribution < -0.4 is 16.0 Å². The minimum absolute atomic E-state index is 0.259. The van der Waals surface area contributed by atoms with Gasteiger partial charge >= 0.3 is 0 Å². The predicted octanol–water partition coefficient (Wildman–Crippen LogP) is 4.90. The fourth-order valence-electron chi connectivity index (χ4n) is 2.94. The Morgan fingerprint density at radius 1 is 0.625 bits per heavy atom. The van der Waals surface area contributed by atoms with Gasteiger partial charge in [-0.2, -0.15) is 0 Å². The second-order valence-corrected chi connectivity index (χ2v) is 7.63. The van der Waals surface area contributed by atoms with Gasteiger partial charge < -0.3 is 10.6 Å². The molecule has 3 amide bonds. The van der Waals surface area contributed by atoms with Crippen LogP contribution in [0.1, 0.15) is 31.1 Å². The lowest BCUT2D eigenvalue weighted by Crippen LogP contribution is -2.17. The lowest BCUT2D eigenvalue weighted by molar-refractivity contribution is 0.101. The molecule has 1 heterocycles. The number of anilines is 3. The van der Waals surface area contributed by atoms with Gasteiger partial charge in [0.25, 0.3) is 17.7 Å².